The summed E-state index contributed by atoms with van der Waals surface area (Å²) in [6.07, 6.45) is 3.07. The van der Waals surface area contributed by atoms with Gasteiger partial charge in [0.25, 0.3) is 0 Å². The Morgan fingerprint density at radius 3 is 2.26 bits per heavy atom. The molecule has 0 radical (unpaired) electrons. The molecule has 27 heavy (non-hydrogen) atoms. The lowest BCUT2D eigenvalue weighted by Gasteiger charge is -2.19. The molecule has 0 aliphatic carbocycles. The summed E-state index contributed by atoms with van der Waals surface area (Å²) in [6, 6.07) is 12.7. The Morgan fingerprint density at radius 2 is 1.78 bits per heavy atom. The number of carbonyl (C=O) groups is 2. The van der Waals surface area contributed by atoms with Crippen LogP contribution in [-0.2, 0) is 9.59 Å². The summed E-state index contributed by atoms with van der Waals surface area (Å²) in [4.78, 5) is 24.0. The van der Waals surface area contributed by atoms with Crippen molar-refractivity contribution < 1.29 is 28.0 Å². The van der Waals surface area contributed by atoms with E-state index in [-0.39, 0.29) is 12.5 Å². The van der Waals surface area contributed by atoms with Gasteiger partial charge in [0.15, 0.2) is 0 Å². The van der Waals surface area contributed by atoms with Gasteiger partial charge in [-0.3, -0.25) is 4.98 Å². The van der Waals surface area contributed by atoms with E-state index in [4.69, 9.17) is 30.0 Å². The van der Waals surface area contributed by atoms with Crippen LogP contribution in [0, 0.1) is 0 Å². The molecule has 7 heteroatoms. The van der Waals surface area contributed by atoms with Crippen molar-refractivity contribution in [1.82, 2.24) is 9.88 Å². The third-order valence-electron chi connectivity index (χ3n) is 3.33. The van der Waals surface area contributed by atoms with Gasteiger partial charge in [0.05, 0.1) is 0 Å². The van der Waals surface area contributed by atoms with Crippen molar-refractivity contribution in [3.8, 4) is 0 Å². The molecule has 0 aliphatic heterocycles. The normalized spacial score (nSPS) is 15.9. The number of nitrogens with zero attached hydrogens (tertiary/aromatic N) is 2. The number of pyridine rings is 1. The first-order valence-corrected chi connectivity index (χ1v) is 8.17. The van der Waals surface area contributed by atoms with Gasteiger partial charge in [0, 0.05) is 43.2 Å². The molecule has 0 amide bonds. The lowest BCUT2D eigenvalue weighted by molar-refractivity contribution is -0.134. The number of rotatable bonds is 7. The highest BCUT2D eigenvalue weighted by atomic mass is 35.5. The van der Waals surface area contributed by atoms with Gasteiger partial charge < -0.3 is 15.1 Å². The number of benzene rings is 1. The fourth-order valence-corrected chi connectivity index (χ4v) is 2.29. The van der Waals surface area contributed by atoms with Crippen molar-refractivity contribution in [1.29, 1.82) is 0 Å². The van der Waals surface area contributed by atoms with Crippen LogP contribution >= 0.6 is 11.6 Å². The molecule has 2 rings (SSSR count). The molecule has 1 aromatic heterocycles. The van der Waals surface area contributed by atoms with Crippen molar-refractivity contribution in [2.75, 3.05) is 20.5 Å². The lowest BCUT2D eigenvalue weighted by Crippen LogP contribution is -2.17. The van der Waals surface area contributed by atoms with E-state index >= 15 is 0 Å². The first kappa shape index (κ1) is 14.4. The van der Waals surface area contributed by atoms with E-state index in [0.29, 0.717) is 28.5 Å². The van der Waals surface area contributed by atoms with Crippen molar-refractivity contribution in [3.05, 3.63) is 77.1 Å². The third-order valence-corrected chi connectivity index (χ3v) is 3.58. The van der Waals surface area contributed by atoms with E-state index in [9.17, 15) is 9.59 Å². The van der Waals surface area contributed by atoms with E-state index in [2.05, 4.69) is 4.98 Å². The lowest BCUT2D eigenvalue weighted by atomic mass is 9.92. The van der Waals surface area contributed by atoms with E-state index in [1.165, 1.54) is 0 Å². The molecular weight excluding hydrogens is 368 g/mol. The van der Waals surface area contributed by atoms with Gasteiger partial charge in [-0.1, -0.05) is 29.8 Å². The molecule has 144 valence electrons. The topological polar surface area (TPSA) is 90.7 Å². The highest BCUT2D eigenvalue weighted by Gasteiger charge is 2.15. The molecular formula is C20H23ClN2O4. The molecule has 0 aliphatic rings. The molecule has 1 aromatic carbocycles. The second kappa shape index (κ2) is 11.8. The Hall–Kier alpha value is -2.70. The van der Waals surface area contributed by atoms with Gasteiger partial charge in [-0.05, 0) is 56.7 Å². The summed E-state index contributed by atoms with van der Waals surface area (Å²) in [7, 11) is 0. The van der Waals surface area contributed by atoms with Gasteiger partial charge in [0.1, 0.15) is 0 Å². The standard InChI is InChI=1S/C16H19ClN2.C4H4O4/c1-19(2)12-10-15(16-5-3-4-11-18-16)13-6-8-14(17)9-7-13;5-3(6)1-2-4(7)8/h3-9,11,15H,10,12H2,1-2H3;1-2H,(H,5,6)(H,7,8)/b;2-1-/t15-;/m1./s1/i1D3,2D3;. The number of carboxylic acid groups (broad SMARTS) is 2. The zero-order valence-corrected chi connectivity index (χ0v) is 15.0. The quantitative estimate of drug-likeness (QED) is 0.696. The van der Waals surface area contributed by atoms with Crippen LogP contribution in [0.15, 0.2) is 60.8 Å². The predicted molar refractivity (Wildman–Crippen MR) is 105 cm³/mol. The van der Waals surface area contributed by atoms with Gasteiger partial charge in [0.2, 0.25) is 0 Å². The molecule has 0 saturated heterocycles. The molecule has 0 saturated carbocycles. The van der Waals surface area contributed by atoms with Gasteiger partial charge in [-0.15, -0.1) is 0 Å². The van der Waals surface area contributed by atoms with E-state index in [1.807, 2.05) is 24.3 Å². The minimum Gasteiger partial charge on any atom is -0.478 e. The Morgan fingerprint density at radius 1 is 1.15 bits per heavy atom. The third kappa shape index (κ3) is 9.53. The Kier molecular flexibility index (Phi) is 6.29. The maximum absolute atomic E-state index is 9.55. The van der Waals surface area contributed by atoms with Crippen LogP contribution in [0.4, 0.5) is 0 Å². The molecule has 0 spiro atoms. The minimum absolute atomic E-state index is 0.114. The fraction of sp³-hybridized carbons (Fsp3) is 0.250. The van der Waals surface area contributed by atoms with Crippen LogP contribution in [0.5, 0.6) is 0 Å². The number of carboxylic acids is 2. The van der Waals surface area contributed by atoms with Crippen LogP contribution in [0.1, 0.15) is 31.8 Å². The Labute approximate surface area is 172 Å². The summed E-state index contributed by atoms with van der Waals surface area (Å²) in [5, 5.41) is 16.2. The summed E-state index contributed by atoms with van der Waals surface area (Å²) in [6.45, 7) is -5.50. The number of aliphatic carboxylic acids is 2. The Balaban J connectivity index is 0.000000582. The van der Waals surface area contributed by atoms with Gasteiger partial charge >= 0.3 is 11.9 Å². The maximum atomic E-state index is 9.55. The number of hydrogen-bond acceptors (Lipinski definition) is 4. The Bertz CT molecular complexity index is 904. The molecule has 0 fully saturated rings. The van der Waals surface area contributed by atoms with Crippen molar-refractivity contribution >= 4 is 23.5 Å². The van der Waals surface area contributed by atoms with Crippen molar-refractivity contribution in [2.45, 2.75) is 12.3 Å². The van der Waals surface area contributed by atoms with E-state index in [0.717, 1.165) is 11.3 Å². The summed E-state index contributed by atoms with van der Waals surface area (Å²) in [5.41, 5.74) is 1.65. The molecule has 2 N–H and O–H groups in total. The second-order valence-electron chi connectivity index (χ2n) is 5.31. The molecule has 0 bridgehead atoms. The molecule has 6 nitrogen and oxygen atoms in total. The van der Waals surface area contributed by atoms with Crippen LogP contribution in [0.25, 0.3) is 0 Å². The molecule has 1 heterocycles. The largest absolute Gasteiger partial charge is 0.478 e. The highest BCUT2D eigenvalue weighted by Crippen LogP contribution is 2.27. The number of hydrogen-bond donors (Lipinski definition) is 2. The van der Waals surface area contributed by atoms with Crippen LogP contribution in [-0.4, -0.2) is 52.5 Å². The SMILES string of the molecule is O=C(O)/C=C\C(=O)O.[2H]C([2H])([2H])N(CC[C@H](c1ccc(Cl)cc1)c1ccccn1)C([2H])([2H])[2H]. The maximum Gasteiger partial charge on any atom is 0.328 e. The first-order valence-electron chi connectivity index (χ1n) is 10.8. The first-order chi connectivity index (χ1) is 15.2. The van der Waals surface area contributed by atoms with E-state index in [1.54, 1.807) is 24.4 Å². The fourth-order valence-electron chi connectivity index (χ4n) is 2.16. The minimum atomic E-state index is -2.69. The predicted octanol–water partition coefficient (Wildman–Crippen LogP) is 3.53. The average molecular weight is 397 g/mol. The monoisotopic (exact) mass is 396 g/mol. The molecule has 2 aromatic rings. The summed E-state index contributed by atoms with van der Waals surface area (Å²) in [5.74, 6) is -2.74. The van der Waals surface area contributed by atoms with Crippen LogP contribution in [0.2, 0.25) is 5.02 Å². The molecule has 1 atom stereocenters. The van der Waals surface area contributed by atoms with Crippen molar-refractivity contribution in [3.63, 3.8) is 0 Å². The second-order valence-corrected chi connectivity index (χ2v) is 5.75. The van der Waals surface area contributed by atoms with Crippen LogP contribution < -0.4 is 0 Å². The number of halogens is 1. The zero-order chi connectivity index (χ0) is 25.2. The van der Waals surface area contributed by atoms with Crippen LogP contribution in [0.3, 0.4) is 0 Å². The molecule has 0 unspecified atom stereocenters. The number of aromatic nitrogens is 1. The van der Waals surface area contributed by atoms with Gasteiger partial charge in [-0.25, -0.2) is 9.59 Å². The highest BCUT2D eigenvalue weighted by molar-refractivity contribution is 6.30. The van der Waals surface area contributed by atoms with E-state index < -0.39 is 25.9 Å². The summed E-state index contributed by atoms with van der Waals surface area (Å²) < 4.78 is 45.0. The van der Waals surface area contributed by atoms with Crippen molar-refractivity contribution in [2.24, 2.45) is 0 Å². The van der Waals surface area contributed by atoms with Gasteiger partial charge in [-0.2, -0.15) is 0 Å². The average Bonchev–Trinajstić information content (AvgIpc) is 2.70. The zero-order valence-electron chi connectivity index (χ0n) is 20.2. The smallest absolute Gasteiger partial charge is 0.328 e. The summed E-state index contributed by atoms with van der Waals surface area (Å²) >= 11 is 5.94.